The van der Waals surface area contributed by atoms with Crippen molar-refractivity contribution in [2.75, 3.05) is 11.9 Å². The molecule has 0 heterocycles. The van der Waals surface area contributed by atoms with Gasteiger partial charge in [-0.2, -0.15) is 0 Å². The molecule has 2 aromatic carbocycles. The molecule has 0 amide bonds. The highest BCUT2D eigenvalue weighted by Gasteiger charge is 2.08. The van der Waals surface area contributed by atoms with E-state index < -0.39 is 0 Å². The Morgan fingerprint density at radius 1 is 1.21 bits per heavy atom. The molecule has 100 valence electrons. The Morgan fingerprint density at radius 2 is 2.00 bits per heavy atom. The number of aliphatic hydroxyl groups excluding tert-OH is 1. The van der Waals surface area contributed by atoms with Gasteiger partial charge in [-0.3, -0.25) is 0 Å². The normalized spacial score (nSPS) is 10.5. The summed E-state index contributed by atoms with van der Waals surface area (Å²) >= 11 is 9.45. The first-order chi connectivity index (χ1) is 9.10. The number of anilines is 1. The number of hydrogen-bond acceptors (Lipinski definition) is 2. The average Bonchev–Trinajstić information content (AvgIpc) is 2.38. The number of halogens is 2. The van der Waals surface area contributed by atoms with Crippen molar-refractivity contribution in [2.24, 2.45) is 0 Å². The first-order valence-electron chi connectivity index (χ1n) is 5.95. The average molecular weight is 341 g/mol. The zero-order valence-corrected chi connectivity index (χ0v) is 12.9. The lowest BCUT2D eigenvalue weighted by Crippen LogP contribution is -2.18. The van der Waals surface area contributed by atoms with E-state index in [0.29, 0.717) is 0 Å². The van der Waals surface area contributed by atoms with Crippen molar-refractivity contribution in [3.63, 3.8) is 0 Å². The van der Waals surface area contributed by atoms with E-state index in [9.17, 15) is 5.11 Å². The van der Waals surface area contributed by atoms with Crippen molar-refractivity contribution in [1.29, 1.82) is 0 Å². The maximum atomic E-state index is 9.41. The third-order valence-corrected chi connectivity index (χ3v) is 3.67. The molecule has 0 aromatic heterocycles. The quantitative estimate of drug-likeness (QED) is 0.900. The van der Waals surface area contributed by atoms with Gasteiger partial charge < -0.3 is 10.0 Å². The van der Waals surface area contributed by atoms with Gasteiger partial charge in [-0.25, -0.2) is 0 Å². The van der Waals surface area contributed by atoms with Gasteiger partial charge in [-0.1, -0.05) is 45.7 Å². The minimum atomic E-state index is 0.0303. The molecular formula is C15H15BrClNO. The molecule has 0 saturated carbocycles. The minimum Gasteiger partial charge on any atom is -0.392 e. The summed E-state index contributed by atoms with van der Waals surface area (Å²) in [4.78, 5) is 2.10. The SMILES string of the molecule is CN(Cc1cccc(Cl)c1)c1cc(Br)ccc1CO. The van der Waals surface area contributed by atoms with Crippen LogP contribution in [0.2, 0.25) is 5.02 Å². The Labute approximate surface area is 126 Å². The third-order valence-electron chi connectivity index (χ3n) is 2.94. The number of nitrogens with zero attached hydrogens (tertiary/aromatic N) is 1. The predicted molar refractivity (Wildman–Crippen MR) is 83.6 cm³/mol. The second-order valence-electron chi connectivity index (χ2n) is 4.42. The summed E-state index contributed by atoms with van der Waals surface area (Å²) in [6.07, 6.45) is 0. The Kier molecular flexibility index (Phi) is 4.86. The second-order valence-corrected chi connectivity index (χ2v) is 5.77. The predicted octanol–water partition coefficient (Wildman–Crippen LogP) is 4.23. The van der Waals surface area contributed by atoms with Gasteiger partial charge in [0.05, 0.1) is 6.61 Å². The molecule has 0 saturated heterocycles. The molecule has 0 aliphatic rings. The molecule has 0 aliphatic carbocycles. The van der Waals surface area contributed by atoms with Gasteiger partial charge in [0, 0.05) is 34.3 Å². The zero-order chi connectivity index (χ0) is 13.8. The van der Waals surface area contributed by atoms with Crippen molar-refractivity contribution in [2.45, 2.75) is 13.2 Å². The van der Waals surface area contributed by atoms with Gasteiger partial charge in [0.1, 0.15) is 0 Å². The lowest BCUT2D eigenvalue weighted by Gasteiger charge is -2.22. The first-order valence-corrected chi connectivity index (χ1v) is 7.12. The maximum absolute atomic E-state index is 9.41. The van der Waals surface area contributed by atoms with Gasteiger partial charge in [-0.05, 0) is 29.8 Å². The molecule has 2 nitrogen and oxygen atoms in total. The highest BCUT2D eigenvalue weighted by molar-refractivity contribution is 9.10. The molecule has 0 radical (unpaired) electrons. The van der Waals surface area contributed by atoms with Crippen molar-refractivity contribution in [1.82, 2.24) is 0 Å². The Hall–Kier alpha value is -1.03. The lowest BCUT2D eigenvalue weighted by atomic mass is 10.1. The molecule has 1 N–H and O–H groups in total. The fourth-order valence-corrected chi connectivity index (χ4v) is 2.58. The van der Waals surface area contributed by atoms with Gasteiger partial charge in [0.15, 0.2) is 0 Å². The second kappa shape index (κ2) is 6.42. The van der Waals surface area contributed by atoms with Gasteiger partial charge >= 0.3 is 0 Å². The lowest BCUT2D eigenvalue weighted by molar-refractivity contribution is 0.282. The van der Waals surface area contributed by atoms with Crippen LogP contribution in [0.5, 0.6) is 0 Å². The number of benzene rings is 2. The standard InChI is InChI=1S/C15H15BrClNO/c1-18(9-11-3-2-4-14(17)7-11)15-8-13(16)6-5-12(15)10-19/h2-8,19H,9-10H2,1H3. The van der Waals surface area contributed by atoms with E-state index in [-0.39, 0.29) is 6.61 Å². The van der Waals surface area contributed by atoms with Gasteiger partial charge in [-0.15, -0.1) is 0 Å². The highest BCUT2D eigenvalue weighted by Crippen LogP contribution is 2.26. The molecule has 0 unspecified atom stereocenters. The van der Waals surface area contributed by atoms with E-state index in [4.69, 9.17) is 11.6 Å². The van der Waals surface area contributed by atoms with E-state index >= 15 is 0 Å². The summed E-state index contributed by atoms with van der Waals surface area (Å²) in [5.74, 6) is 0. The molecule has 0 atom stereocenters. The van der Waals surface area contributed by atoms with Crippen LogP contribution in [0.3, 0.4) is 0 Å². The third kappa shape index (κ3) is 3.72. The summed E-state index contributed by atoms with van der Waals surface area (Å²) in [5, 5.41) is 10.1. The van der Waals surface area contributed by atoms with E-state index in [1.54, 1.807) is 0 Å². The van der Waals surface area contributed by atoms with E-state index in [1.165, 1.54) is 0 Å². The Morgan fingerprint density at radius 3 is 2.68 bits per heavy atom. The minimum absolute atomic E-state index is 0.0303. The number of hydrogen-bond donors (Lipinski definition) is 1. The molecule has 0 fully saturated rings. The maximum Gasteiger partial charge on any atom is 0.0702 e. The Balaban J connectivity index is 2.24. The fourth-order valence-electron chi connectivity index (χ4n) is 2.02. The summed E-state index contributed by atoms with van der Waals surface area (Å²) < 4.78 is 0.998. The van der Waals surface area contributed by atoms with Gasteiger partial charge in [0.2, 0.25) is 0 Å². The van der Waals surface area contributed by atoms with Crippen LogP contribution >= 0.6 is 27.5 Å². The summed E-state index contributed by atoms with van der Waals surface area (Å²) in [5.41, 5.74) is 3.06. The molecule has 2 rings (SSSR count). The fraction of sp³-hybridized carbons (Fsp3) is 0.200. The zero-order valence-electron chi connectivity index (χ0n) is 10.6. The number of rotatable bonds is 4. The van der Waals surface area contributed by atoms with Crippen molar-refractivity contribution in [3.05, 3.63) is 63.1 Å². The van der Waals surface area contributed by atoms with Crippen LogP contribution in [0, 0.1) is 0 Å². The smallest absolute Gasteiger partial charge is 0.0702 e. The van der Waals surface area contributed by atoms with Crippen LogP contribution in [0.25, 0.3) is 0 Å². The first kappa shape index (κ1) is 14.4. The van der Waals surface area contributed by atoms with E-state index in [1.807, 2.05) is 49.5 Å². The topological polar surface area (TPSA) is 23.5 Å². The van der Waals surface area contributed by atoms with Crippen molar-refractivity contribution in [3.8, 4) is 0 Å². The van der Waals surface area contributed by atoms with Crippen LogP contribution < -0.4 is 4.90 Å². The molecule has 0 aliphatic heterocycles. The highest BCUT2D eigenvalue weighted by atomic mass is 79.9. The van der Waals surface area contributed by atoms with Crippen LogP contribution in [0.4, 0.5) is 5.69 Å². The van der Waals surface area contributed by atoms with Crippen LogP contribution in [-0.2, 0) is 13.2 Å². The van der Waals surface area contributed by atoms with Crippen LogP contribution in [0.1, 0.15) is 11.1 Å². The molecule has 0 bridgehead atoms. The summed E-state index contributed by atoms with van der Waals surface area (Å²) in [6, 6.07) is 13.7. The molecular weight excluding hydrogens is 326 g/mol. The summed E-state index contributed by atoms with van der Waals surface area (Å²) in [6.45, 7) is 0.770. The van der Waals surface area contributed by atoms with E-state index in [0.717, 1.165) is 32.9 Å². The van der Waals surface area contributed by atoms with Crippen LogP contribution in [0.15, 0.2) is 46.9 Å². The van der Waals surface area contributed by atoms with Crippen LogP contribution in [-0.4, -0.2) is 12.2 Å². The van der Waals surface area contributed by atoms with Crippen molar-refractivity contribution >= 4 is 33.2 Å². The number of aliphatic hydroxyl groups is 1. The van der Waals surface area contributed by atoms with Crippen molar-refractivity contribution < 1.29 is 5.11 Å². The largest absolute Gasteiger partial charge is 0.392 e. The molecule has 0 spiro atoms. The van der Waals surface area contributed by atoms with Gasteiger partial charge in [0.25, 0.3) is 0 Å². The molecule has 4 heteroatoms. The van der Waals surface area contributed by atoms with E-state index in [2.05, 4.69) is 20.8 Å². The Bertz CT molecular complexity index is 574. The summed E-state index contributed by atoms with van der Waals surface area (Å²) in [7, 11) is 2.00. The molecule has 2 aromatic rings. The monoisotopic (exact) mass is 339 g/mol. The molecule has 19 heavy (non-hydrogen) atoms.